The zero-order valence-corrected chi connectivity index (χ0v) is 33.3. The molecule has 0 saturated carbocycles. The second-order valence-corrected chi connectivity index (χ2v) is 16.6. The molecule has 0 bridgehead atoms. The topological polar surface area (TPSA) is 38.7 Å². The zero-order valence-electron chi connectivity index (χ0n) is 32.5. The smallest absolute Gasteiger partial charge is 0.164 e. The maximum absolute atomic E-state index is 5.07. The quantitative estimate of drug-likeness (QED) is 0.169. The Kier molecular flexibility index (Phi) is 7.94. The van der Waals surface area contributed by atoms with Crippen LogP contribution < -0.4 is 0 Å². The van der Waals surface area contributed by atoms with Crippen molar-refractivity contribution in [2.24, 2.45) is 0 Å². The molecule has 0 spiro atoms. The minimum Gasteiger partial charge on any atom is -0.208 e. The van der Waals surface area contributed by atoms with Crippen LogP contribution in [0.15, 0.2) is 212 Å². The molecule has 0 fully saturated rings. The van der Waals surface area contributed by atoms with E-state index >= 15 is 0 Å². The molecule has 12 rings (SSSR count). The summed E-state index contributed by atoms with van der Waals surface area (Å²) in [5, 5.41) is 4.89. The Balaban J connectivity index is 0.970. The number of rotatable bonds is 6. The Labute approximate surface area is 352 Å². The first-order chi connectivity index (χ1) is 29.7. The third-order valence-electron chi connectivity index (χ3n) is 12.2. The second-order valence-electron chi connectivity index (χ2n) is 15.5. The van der Waals surface area contributed by atoms with E-state index in [-0.39, 0.29) is 0 Å². The molecule has 0 amide bonds. The zero-order chi connectivity index (χ0) is 39.6. The van der Waals surface area contributed by atoms with Crippen LogP contribution in [0.3, 0.4) is 0 Å². The average molecular weight is 782 g/mol. The Morgan fingerprint density at radius 1 is 0.333 bits per heavy atom. The van der Waals surface area contributed by atoms with Crippen LogP contribution in [0.4, 0.5) is 0 Å². The fourth-order valence-corrected chi connectivity index (χ4v) is 10.7. The van der Waals surface area contributed by atoms with Gasteiger partial charge in [0.15, 0.2) is 17.5 Å². The van der Waals surface area contributed by atoms with Gasteiger partial charge in [-0.2, -0.15) is 0 Å². The molecule has 2 aromatic heterocycles. The Morgan fingerprint density at radius 2 is 0.883 bits per heavy atom. The van der Waals surface area contributed by atoms with Crippen molar-refractivity contribution in [3.63, 3.8) is 0 Å². The largest absolute Gasteiger partial charge is 0.208 e. The first-order valence-corrected chi connectivity index (χ1v) is 21.2. The highest BCUT2D eigenvalue weighted by molar-refractivity contribution is 7.26. The van der Waals surface area contributed by atoms with Crippen molar-refractivity contribution in [1.29, 1.82) is 0 Å². The molecule has 9 aromatic carbocycles. The molecule has 2 heterocycles. The standard InChI is InChI=1S/C56H35N3S/c1-3-15-38(16-4-1)53-57-54(59-55(58-53)41-31-26-36-14-7-8-17-40(36)34-41)39-29-27-37(28-30-39)44-22-13-25-50-52(44)47-33-32-43(35-51(47)60-50)56(42-18-5-2-6-19-42)48-23-11-9-20-45(48)46-21-10-12-24-49(46)56/h1-35H. The van der Waals surface area contributed by atoms with Gasteiger partial charge in [0.2, 0.25) is 0 Å². The van der Waals surface area contributed by atoms with Crippen LogP contribution in [0.1, 0.15) is 22.3 Å². The summed E-state index contributed by atoms with van der Waals surface area (Å²) in [6.45, 7) is 0. The van der Waals surface area contributed by atoms with E-state index in [4.69, 9.17) is 15.0 Å². The molecule has 0 radical (unpaired) electrons. The van der Waals surface area contributed by atoms with E-state index in [1.165, 1.54) is 64.5 Å². The highest BCUT2D eigenvalue weighted by Crippen LogP contribution is 2.56. The lowest BCUT2D eigenvalue weighted by Crippen LogP contribution is -2.28. The highest BCUT2D eigenvalue weighted by Gasteiger charge is 2.46. The predicted molar refractivity (Wildman–Crippen MR) is 249 cm³/mol. The average Bonchev–Trinajstić information content (AvgIpc) is 3.85. The van der Waals surface area contributed by atoms with Crippen molar-refractivity contribution in [3.05, 3.63) is 235 Å². The first-order valence-electron chi connectivity index (χ1n) is 20.3. The fourth-order valence-electron chi connectivity index (χ4n) is 9.49. The molecule has 0 unspecified atom stereocenters. The van der Waals surface area contributed by atoms with Crippen LogP contribution >= 0.6 is 11.3 Å². The summed E-state index contributed by atoms with van der Waals surface area (Å²) >= 11 is 1.87. The maximum atomic E-state index is 5.07. The normalized spacial score (nSPS) is 12.8. The first kappa shape index (κ1) is 34.5. The molecule has 3 nitrogen and oxygen atoms in total. The van der Waals surface area contributed by atoms with E-state index in [1.807, 2.05) is 41.7 Å². The molecular weight excluding hydrogens is 747 g/mol. The van der Waals surface area contributed by atoms with Gasteiger partial charge in [-0.05, 0) is 73.5 Å². The number of hydrogen-bond donors (Lipinski definition) is 0. The minimum absolute atomic E-state index is 0.430. The number of benzene rings is 9. The van der Waals surface area contributed by atoms with Gasteiger partial charge in [-0.3, -0.25) is 0 Å². The van der Waals surface area contributed by atoms with Gasteiger partial charge in [0.25, 0.3) is 0 Å². The monoisotopic (exact) mass is 781 g/mol. The Hall–Kier alpha value is -7.53. The fraction of sp³-hybridized carbons (Fsp3) is 0.0179. The summed E-state index contributed by atoms with van der Waals surface area (Å²) in [6.07, 6.45) is 0. The van der Waals surface area contributed by atoms with Crippen molar-refractivity contribution in [3.8, 4) is 56.4 Å². The van der Waals surface area contributed by atoms with E-state index in [0.717, 1.165) is 27.6 Å². The van der Waals surface area contributed by atoms with Crippen LogP contribution in [0.5, 0.6) is 0 Å². The van der Waals surface area contributed by atoms with Gasteiger partial charge in [-0.15, -0.1) is 11.3 Å². The van der Waals surface area contributed by atoms with E-state index in [2.05, 4.69) is 182 Å². The predicted octanol–water partition coefficient (Wildman–Crippen LogP) is 14.4. The van der Waals surface area contributed by atoms with E-state index < -0.39 is 5.41 Å². The van der Waals surface area contributed by atoms with Gasteiger partial charge in [0, 0.05) is 36.9 Å². The number of thiophene rings is 1. The number of nitrogens with zero attached hydrogens (tertiary/aromatic N) is 3. The van der Waals surface area contributed by atoms with Crippen LogP contribution in [0.25, 0.3) is 87.4 Å². The summed E-state index contributed by atoms with van der Waals surface area (Å²) in [5.41, 5.74) is 12.6. The van der Waals surface area contributed by atoms with Crippen molar-refractivity contribution in [1.82, 2.24) is 15.0 Å². The van der Waals surface area contributed by atoms with Crippen molar-refractivity contribution >= 4 is 42.3 Å². The van der Waals surface area contributed by atoms with Gasteiger partial charge in [0.05, 0.1) is 5.41 Å². The molecular formula is C56H35N3S. The summed E-state index contributed by atoms with van der Waals surface area (Å²) < 4.78 is 2.55. The number of hydrogen-bond acceptors (Lipinski definition) is 4. The summed E-state index contributed by atoms with van der Waals surface area (Å²) in [6, 6.07) is 76.5. The van der Waals surface area contributed by atoms with Gasteiger partial charge >= 0.3 is 0 Å². The van der Waals surface area contributed by atoms with Crippen LogP contribution in [0.2, 0.25) is 0 Å². The Morgan fingerprint density at radius 3 is 1.60 bits per heavy atom. The van der Waals surface area contributed by atoms with Gasteiger partial charge in [0.1, 0.15) is 0 Å². The molecule has 0 atom stereocenters. The third-order valence-corrected chi connectivity index (χ3v) is 13.3. The number of fused-ring (bicyclic) bond motifs is 7. The Bertz CT molecular complexity index is 3380. The third kappa shape index (κ3) is 5.38. The molecule has 60 heavy (non-hydrogen) atoms. The summed E-state index contributed by atoms with van der Waals surface area (Å²) in [5.74, 6) is 1.95. The van der Waals surface area contributed by atoms with E-state index in [1.54, 1.807) is 0 Å². The van der Waals surface area contributed by atoms with Gasteiger partial charge in [-0.25, -0.2) is 15.0 Å². The van der Waals surface area contributed by atoms with Crippen molar-refractivity contribution < 1.29 is 0 Å². The molecule has 1 aliphatic carbocycles. The van der Waals surface area contributed by atoms with E-state index in [9.17, 15) is 0 Å². The molecule has 0 aliphatic heterocycles. The molecule has 280 valence electrons. The molecule has 0 saturated heterocycles. The lowest BCUT2D eigenvalue weighted by molar-refractivity contribution is 0.770. The van der Waals surface area contributed by atoms with Crippen LogP contribution in [-0.2, 0) is 5.41 Å². The second kappa shape index (κ2) is 13.8. The summed E-state index contributed by atoms with van der Waals surface area (Å²) in [4.78, 5) is 15.1. The molecule has 11 aromatic rings. The maximum Gasteiger partial charge on any atom is 0.164 e. The minimum atomic E-state index is -0.430. The SMILES string of the molecule is c1ccc(-c2nc(-c3ccc(-c4cccc5sc6cc(C7(c8ccccc8)c8ccccc8-c8ccccc87)ccc6c45)cc3)nc(-c3ccc4ccccc4c3)n2)cc1. The summed E-state index contributed by atoms with van der Waals surface area (Å²) in [7, 11) is 0. The lowest BCUT2D eigenvalue weighted by atomic mass is 9.67. The van der Waals surface area contributed by atoms with Gasteiger partial charge in [-0.1, -0.05) is 194 Å². The van der Waals surface area contributed by atoms with Crippen LogP contribution in [0, 0.1) is 0 Å². The molecule has 0 N–H and O–H groups in total. The van der Waals surface area contributed by atoms with E-state index in [0.29, 0.717) is 17.5 Å². The molecule has 4 heteroatoms. The van der Waals surface area contributed by atoms with Gasteiger partial charge < -0.3 is 0 Å². The lowest BCUT2D eigenvalue weighted by Gasteiger charge is -2.33. The molecule has 1 aliphatic rings. The van der Waals surface area contributed by atoms with Crippen molar-refractivity contribution in [2.75, 3.05) is 0 Å². The van der Waals surface area contributed by atoms with Crippen molar-refractivity contribution in [2.45, 2.75) is 5.41 Å². The number of aromatic nitrogens is 3. The highest BCUT2D eigenvalue weighted by atomic mass is 32.1. The van der Waals surface area contributed by atoms with Crippen LogP contribution in [-0.4, -0.2) is 15.0 Å².